The summed E-state index contributed by atoms with van der Waals surface area (Å²) in [5.74, 6) is -0.868. The standard InChI is InChI=1S/C14H10FIN2O4/c15-12-5-4-10(18(20)21)7-13(12)17-14(19)8-22-11-3-1-2-9(16)6-11/h1-7H,8H2,(H,17,19). The zero-order chi connectivity index (χ0) is 16.1. The lowest BCUT2D eigenvalue weighted by Gasteiger charge is -2.08. The minimum absolute atomic E-state index is 0.259. The van der Waals surface area contributed by atoms with E-state index in [0.29, 0.717) is 5.75 Å². The average Bonchev–Trinajstić information content (AvgIpc) is 2.47. The quantitative estimate of drug-likeness (QED) is 0.461. The topological polar surface area (TPSA) is 81.5 Å². The van der Waals surface area contributed by atoms with E-state index in [2.05, 4.69) is 27.9 Å². The maximum Gasteiger partial charge on any atom is 0.271 e. The average molecular weight is 416 g/mol. The number of benzene rings is 2. The van der Waals surface area contributed by atoms with Gasteiger partial charge < -0.3 is 10.1 Å². The molecule has 0 fully saturated rings. The summed E-state index contributed by atoms with van der Waals surface area (Å²) >= 11 is 2.10. The van der Waals surface area contributed by atoms with Gasteiger partial charge in [0.15, 0.2) is 6.61 Å². The molecule has 0 atom stereocenters. The number of carbonyl (C=O) groups excluding carboxylic acids is 1. The molecular weight excluding hydrogens is 406 g/mol. The van der Waals surface area contributed by atoms with Gasteiger partial charge in [-0.15, -0.1) is 0 Å². The van der Waals surface area contributed by atoms with Crippen LogP contribution in [0, 0.1) is 19.5 Å². The monoisotopic (exact) mass is 416 g/mol. The molecule has 8 heteroatoms. The number of nitro benzene ring substituents is 1. The SMILES string of the molecule is O=C(COc1cccc(I)c1)Nc1cc([N+](=O)[O-])ccc1F. The van der Waals surface area contributed by atoms with E-state index < -0.39 is 16.6 Å². The van der Waals surface area contributed by atoms with E-state index in [-0.39, 0.29) is 18.0 Å². The fourth-order valence-corrected chi connectivity index (χ4v) is 2.13. The predicted molar refractivity (Wildman–Crippen MR) is 86.3 cm³/mol. The highest BCUT2D eigenvalue weighted by atomic mass is 127. The van der Waals surface area contributed by atoms with E-state index in [9.17, 15) is 19.3 Å². The van der Waals surface area contributed by atoms with Crippen LogP contribution in [0.3, 0.4) is 0 Å². The number of nitro groups is 1. The van der Waals surface area contributed by atoms with Crippen LogP contribution in [0.5, 0.6) is 5.75 Å². The van der Waals surface area contributed by atoms with Crippen molar-refractivity contribution < 1.29 is 18.8 Å². The Morgan fingerprint density at radius 1 is 1.32 bits per heavy atom. The van der Waals surface area contributed by atoms with E-state index in [4.69, 9.17) is 4.74 Å². The van der Waals surface area contributed by atoms with Gasteiger partial charge in [-0.2, -0.15) is 0 Å². The molecule has 0 aliphatic carbocycles. The zero-order valence-corrected chi connectivity index (χ0v) is 13.2. The molecule has 0 bridgehead atoms. The number of nitrogens with one attached hydrogen (secondary N) is 1. The first-order valence-electron chi connectivity index (χ1n) is 6.08. The van der Waals surface area contributed by atoms with Crippen LogP contribution in [0.2, 0.25) is 0 Å². The number of halogens is 2. The molecule has 114 valence electrons. The number of non-ortho nitro benzene ring substituents is 1. The van der Waals surface area contributed by atoms with Crippen molar-refractivity contribution in [2.24, 2.45) is 0 Å². The van der Waals surface area contributed by atoms with Gasteiger partial charge >= 0.3 is 0 Å². The summed E-state index contributed by atoms with van der Waals surface area (Å²) in [6.07, 6.45) is 0. The molecule has 0 saturated heterocycles. The summed E-state index contributed by atoms with van der Waals surface area (Å²) in [6, 6.07) is 9.96. The number of hydrogen-bond donors (Lipinski definition) is 1. The third kappa shape index (κ3) is 4.38. The molecule has 0 aliphatic heterocycles. The Balaban J connectivity index is 2.00. The molecular formula is C14H10FIN2O4. The number of anilines is 1. The second-order valence-corrected chi connectivity index (χ2v) is 5.46. The predicted octanol–water partition coefficient (Wildman–Crippen LogP) is 3.36. The molecule has 2 aromatic rings. The number of rotatable bonds is 5. The molecule has 0 unspecified atom stereocenters. The summed E-state index contributed by atoms with van der Waals surface area (Å²) in [4.78, 5) is 21.7. The maximum absolute atomic E-state index is 13.5. The van der Waals surface area contributed by atoms with Gasteiger partial charge in [0, 0.05) is 15.7 Å². The molecule has 2 rings (SSSR count). The van der Waals surface area contributed by atoms with Crippen molar-refractivity contribution in [3.05, 3.63) is 62.0 Å². The summed E-state index contributed by atoms with van der Waals surface area (Å²) in [7, 11) is 0. The van der Waals surface area contributed by atoms with Gasteiger partial charge in [0.1, 0.15) is 11.6 Å². The molecule has 6 nitrogen and oxygen atoms in total. The van der Waals surface area contributed by atoms with Crippen molar-refractivity contribution in [3.8, 4) is 5.75 Å². The largest absolute Gasteiger partial charge is 0.484 e. The Kier molecular flexibility index (Phi) is 5.26. The minimum Gasteiger partial charge on any atom is -0.484 e. The number of hydrogen-bond acceptors (Lipinski definition) is 4. The van der Waals surface area contributed by atoms with Crippen molar-refractivity contribution in [1.29, 1.82) is 0 Å². The van der Waals surface area contributed by atoms with Gasteiger partial charge in [-0.05, 0) is 46.9 Å². The molecule has 1 N–H and O–H groups in total. The summed E-state index contributed by atoms with van der Waals surface area (Å²) in [5.41, 5.74) is -0.569. The van der Waals surface area contributed by atoms with E-state index in [1.165, 1.54) is 0 Å². The third-order valence-electron chi connectivity index (χ3n) is 2.60. The first-order chi connectivity index (χ1) is 10.5. The van der Waals surface area contributed by atoms with Crippen LogP contribution in [0.4, 0.5) is 15.8 Å². The molecule has 2 aromatic carbocycles. The van der Waals surface area contributed by atoms with Gasteiger partial charge in [0.25, 0.3) is 11.6 Å². The van der Waals surface area contributed by atoms with Crippen LogP contribution in [0.15, 0.2) is 42.5 Å². The van der Waals surface area contributed by atoms with E-state index in [1.54, 1.807) is 18.2 Å². The Morgan fingerprint density at radius 2 is 2.09 bits per heavy atom. The van der Waals surface area contributed by atoms with Crippen LogP contribution in [0.25, 0.3) is 0 Å². The lowest BCUT2D eigenvalue weighted by molar-refractivity contribution is -0.384. The van der Waals surface area contributed by atoms with Crippen LogP contribution < -0.4 is 10.1 Å². The molecule has 0 radical (unpaired) electrons. The first-order valence-corrected chi connectivity index (χ1v) is 7.16. The fraction of sp³-hybridized carbons (Fsp3) is 0.0714. The Hall–Kier alpha value is -2.23. The van der Waals surface area contributed by atoms with Crippen LogP contribution in [-0.2, 0) is 4.79 Å². The number of ether oxygens (including phenoxy) is 1. The molecule has 0 saturated carbocycles. The van der Waals surface area contributed by atoms with Gasteiger partial charge in [0.05, 0.1) is 10.6 Å². The highest BCUT2D eigenvalue weighted by molar-refractivity contribution is 14.1. The van der Waals surface area contributed by atoms with Crippen molar-refractivity contribution in [3.63, 3.8) is 0 Å². The minimum atomic E-state index is -0.756. The summed E-state index contributed by atoms with van der Waals surface area (Å²) in [6.45, 7) is -0.331. The zero-order valence-electron chi connectivity index (χ0n) is 11.1. The van der Waals surface area contributed by atoms with Crippen molar-refractivity contribution >= 4 is 39.9 Å². The Morgan fingerprint density at radius 3 is 2.77 bits per heavy atom. The van der Waals surface area contributed by atoms with Crippen molar-refractivity contribution in [2.75, 3.05) is 11.9 Å². The van der Waals surface area contributed by atoms with Gasteiger partial charge in [-0.25, -0.2) is 4.39 Å². The molecule has 0 aromatic heterocycles. The lowest BCUT2D eigenvalue weighted by Crippen LogP contribution is -2.20. The van der Waals surface area contributed by atoms with E-state index in [1.807, 2.05) is 6.07 Å². The number of carbonyl (C=O) groups is 1. The molecule has 0 aliphatic rings. The van der Waals surface area contributed by atoms with Crippen LogP contribution in [0.1, 0.15) is 0 Å². The number of amides is 1. The van der Waals surface area contributed by atoms with Gasteiger partial charge in [0.2, 0.25) is 0 Å². The highest BCUT2D eigenvalue weighted by Gasteiger charge is 2.13. The highest BCUT2D eigenvalue weighted by Crippen LogP contribution is 2.21. The second-order valence-electron chi connectivity index (χ2n) is 4.22. The van der Waals surface area contributed by atoms with Gasteiger partial charge in [-0.3, -0.25) is 14.9 Å². The summed E-state index contributed by atoms with van der Waals surface area (Å²) < 4.78 is 19.7. The van der Waals surface area contributed by atoms with Crippen LogP contribution >= 0.6 is 22.6 Å². The van der Waals surface area contributed by atoms with E-state index in [0.717, 1.165) is 21.8 Å². The van der Waals surface area contributed by atoms with Crippen molar-refractivity contribution in [1.82, 2.24) is 0 Å². The fourth-order valence-electron chi connectivity index (χ4n) is 1.61. The Bertz CT molecular complexity index is 724. The Labute approximate surface area is 138 Å². The normalized spacial score (nSPS) is 10.1. The lowest BCUT2D eigenvalue weighted by atomic mass is 10.2. The smallest absolute Gasteiger partial charge is 0.271 e. The maximum atomic E-state index is 13.5. The van der Waals surface area contributed by atoms with Crippen LogP contribution in [-0.4, -0.2) is 17.4 Å². The summed E-state index contributed by atoms with van der Waals surface area (Å²) in [5, 5.41) is 12.9. The van der Waals surface area contributed by atoms with E-state index >= 15 is 0 Å². The van der Waals surface area contributed by atoms with Crippen molar-refractivity contribution in [2.45, 2.75) is 0 Å². The molecule has 0 heterocycles. The molecule has 22 heavy (non-hydrogen) atoms. The molecule has 0 spiro atoms. The molecule has 1 amide bonds. The second kappa shape index (κ2) is 7.16. The van der Waals surface area contributed by atoms with Gasteiger partial charge in [-0.1, -0.05) is 6.07 Å². The first kappa shape index (κ1) is 16.1. The number of nitrogens with zero attached hydrogens (tertiary/aromatic N) is 1. The third-order valence-corrected chi connectivity index (χ3v) is 3.27.